The number of rotatable bonds is 4. The molecule has 0 radical (unpaired) electrons. The summed E-state index contributed by atoms with van der Waals surface area (Å²) in [4.78, 5) is 23.1. The molecule has 0 aliphatic carbocycles. The summed E-state index contributed by atoms with van der Waals surface area (Å²) in [6.45, 7) is 5.62. The summed E-state index contributed by atoms with van der Waals surface area (Å²) in [5.74, 6) is 0.185. The maximum atomic E-state index is 11.9. The molecule has 2 aliphatic heterocycles. The van der Waals surface area contributed by atoms with E-state index in [9.17, 15) is 9.90 Å². The minimum Gasteiger partial charge on any atom is -0.480 e. The number of carboxylic acids is 1. The number of likely N-dealkylation sites (N-methyl/N-ethyl adjacent to an activating group) is 1. The maximum Gasteiger partial charge on any atom is 0.325 e. The van der Waals surface area contributed by atoms with Gasteiger partial charge in [0.2, 0.25) is 0 Å². The number of aliphatic carboxylic acids is 1. The summed E-state index contributed by atoms with van der Waals surface area (Å²) >= 11 is 0. The first-order valence-electron chi connectivity index (χ1n) is 9.01. The number of pyridine rings is 1. The molecule has 0 unspecified atom stereocenters. The predicted octanol–water partition coefficient (Wildman–Crippen LogP) is 1.84. The van der Waals surface area contributed by atoms with Crippen LogP contribution in [0.5, 0.6) is 0 Å². The van der Waals surface area contributed by atoms with Crippen molar-refractivity contribution in [3.8, 4) is 0 Å². The van der Waals surface area contributed by atoms with Crippen LogP contribution < -0.4 is 4.90 Å². The third kappa shape index (κ3) is 4.05. The zero-order chi connectivity index (χ0) is 16.9. The van der Waals surface area contributed by atoms with E-state index in [4.69, 9.17) is 0 Å². The molecule has 0 aromatic carbocycles. The molecule has 3 rings (SSSR count). The molecule has 0 saturated carbocycles. The van der Waals surface area contributed by atoms with Crippen LogP contribution in [0.3, 0.4) is 0 Å². The molecule has 2 fully saturated rings. The van der Waals surface area contributed by atoms with Crippen LogP contribution in [0.15, 0.2) is 18.3 Å². The molecule has 132 valence electrons. The van der Waals surface area contributed by atoms with Crippen LogP contribution in [-0.4, -0.2) is 72.2 Å². The van der Waals surface area contributed by atoms with Gasteiger partial charge in [0.05, 0.1) is 0 Å². The van der Waals surface area contributed by atoms with Gasteiger partial charge in [0.25, 0.3) is 0 Å². The number of hydrogen-bond acceptors (Lipinski definition) is 5. The number of anilines is 1. The molecular weight excluding hydrogens is 304 g/mol. The molecule has 0 amide bonds. The van der Waals surface area contributed by atoms with Crippen molar-refractivity contribution in [2.45, 2.75) is 31.7 Å². The topological polar surface area (TPSA) is 59.9 Å². The van der Waals surface area contributed by atoms with Crippen molar-refractivity contribution in [3.05, 3.63) is 23.9 Å². The fourth-order valence-corrected chi connectivity index (χ4v) is 3.70. The SMILES string of the molecule is CN1CCCN([C@H](C(=O)O)c2ccc(N3CCCCC3)nc2)CC1. The monoisotopic (exact) mass is 332 g/mol. The van der Waals surface area contributed by atoms with Gasteiger partial charge >= 0.3 is 5.97 Å². The molecule has 6 nitrogen and oxygen atoms in total. The summed E-state index contributed by atoms with van der Waals surface area (Å²) in [5.41, 5.74) is 0.785. The van der Waals surface area contributed by atoms with Gasteiger partial charge in [-0.25, -0.2) is 4.98 Å². The van der Waals surface area contributed by atoms with Gasteiger partial charge in [-0.05, 0) is 50.9 Å². The Kier molecular flexibility index (Phi) is 5.68. The molecule has 1 aromatic heterocycles. The Morgan fingerprint density at radius 1 is 1.04 bits per heavy atom. The third-order valence-corrected chi connectivity index (χ3v) is 5.12. The highest BCUT2D eigenvalue weighted by molar-refractivity contribution is 5.75. The number of carbonyl (C=O) groups is 1. The average Bonchev–Trinajstić information content (AvgIpc) is 2.81. The lowest BCUT2D eigenvalue weighted by atomic mass is 10.1. The van der Waals surface area contributed by atoms with Gasteiger partial charge in [0.1, 0.15) is 11.9 Å². The van der Waals surface area contributed by atoms with Crippen molar-refractivity contribution in [3.63, 3.8) is 0 Å². The largest absolute Gasteiger partial charge is 0.480 e. The van der Waals surface area contributed by atoms with Crippen molar-refractivity contribution in [2.75, 3.05) is 51.2 Å². The minimum absolute atomic E-state index is 0.598. The first kappa shape index (κ1) is 17.2. The minimum atomic E-state index is -0.785. The highest BCUT2D eigenvalue weighted by Crippen LogP contribution is 2.24. The van der Waals surface area contributed by atoms with Crippen LogP contribution in [-0.2, 0) is 4.79 Å². The van der Waals surface area contributed by atoms with Gasteiger partial charge < -0.3 is 14.9 Å². The number of piperidine rings is 1. The van der Waals surface area contributed by atoms with Crippen molar-refractivity contribution in [1.82, 2.24) is 14.8 Å². The smallest absolute Gasteiger partial charge is 0.325 e. The molecule has 0 spiro atoms. The Balaban J connectivity index is 1.74. The van der Waals surface area contributed by atoms with E-state index >= 15 is 0 Å². The Hall–Kier alpha value is -1.66. The quantitative estimate of drug-likeness (QED) is 0.908. The molecule has 1 aromatic rings. The van der Waals surface area contributed by atoms with Crippen molar-refractivity contribution in [2.24, 2.45) is 0 Å². The molecule has 1 N–H and O–H groups in total. The van der Waals surface area contributed by atoms with E-state index in [1.807, 2.05) is 12.1 Å². The van der Waals surface area contributed by atoms with Crippen molar-refractivity contribution >= 4 is 11.8 Å². The van der Waals surface area contributed by atoms with Gasteiger partial charge in [-0.2, -0.15) is 0 Å². The molecule has 3 heterocycles. The van der Waals surface area contributed by atoms with Crippen molar-refractivity contribution in [1.29, 1.82) is 0 Å². The number of aromatic nitrogens is 1. The normalized spacial score (nSPS) is 22.1. The second kappa shape index (κ2) is 7.94. The van der Waals surface area contributed by atoms with Crippen LogP contribution in [0.25, 0.3) is 0 Å². The highest BCUT2D eigenvalue weighted by atomic mass is 16.4. The van der Waals surface area contributed by atoms with Crippen LogP contribution >= 0.6 is 0 Å². The lowest BCUT2D eigenvalue weighted by Crippen LogP contribution is -2.37. The fraction of sp³-hybridized carbons (Fsp3) is 0.667. The lowest BCUT2D eigenvalue weighted by Gasteiger charge is -2.29. The van der Waals surface area contributed by atoms with Crippen LogP contribution in [0.2, 0.25) is 0 Å². The summed E-state index contributed by atoms with van der Waals surface area (Å²) in [6, 6.07) is 3.34. The summed E-state index contributed by atoms with van der Waals surface area (Å²) < 4.78 is 0. The van der Waals surface area contributed by atoms with E-state index in [0.717, 1.165) is 57.1 Å². The molecule has 1 atom stereocenters. The molecule has 2 saturated heterocycles. The second-order valence-corrected chi connectivity index (χ2v) is 6.93. The number of hydrogen-bond donors (Lipinski definition) is 1. The molecule has 24 heavy (non-hydrogen) atoms. The Morgan fingerprint density at radius 3 is 2.50 bits per heavy atom. The third-order valence-electron chi connectivity index (χ3n) is 5.12. The van der Waals surface area contributed by atoms with E-state index < -0.39 is 12.0 Å². The fourth-order valence-electron chi connectivity index (χ4n) is 3.70. The Bertz CT molecular complexity index is 542. The number of carboxylic acid groups (broad SMARTS) is 1. The molecular formula is C18H28N4O2. The first-order valence-corrected chi connectivity index (χ1v) is 9.01. The van der Waals surface area contributed by atoms with Crippen molar-refractivity contribution < 1.29 is 9.90 Å². The van der Waals surface area contributed by atoms with E-state index in [1.165, 1.54) is 19.3 Å². The van der Waals surface area contributed by atoms with Gasteiger partial charge in [0.15, 0.2) is 0 Å². The van der Waals surface area contributed by atoms with E-state index in [2.05, 4.69) is 26.7 Å². The second-order valence-electron chi connectivity index (χ2n) is 6.93. The molecule has 2 aliphatic rings. The zero-order valence-corrected chi connectivity index (χ0v) is 14.5. The Morgan fingerprint density at radius 2 is 1.83 bits per heavy atom. The van der Waals surface area contributed by atoms with Crippen LogP contribution in [0.1, 0.15) is 37.3 Å². The van der Waals surface area contributed by atoms with E-state index in [1.54, 1.807) is 6.20 Å². The molecule has 0 bridgehead atoms. The van der Waals surface area contributed by atoms with Gasteiger partial charge in [0, 0.05) is 38.9 Å². The van der Waals surface area contributed by atoms with Gasteiger partial charge in [-0.1, -0.05) is 6.07 Å². The first-order chi connectivity index (χ1) is 11.6. The summed E-state index contributed by atoms with van der Waals surface area (Å²) in [7, 11) is 2.09. The zero-order valence-electron chi connectivity index (χ0n) is 14.5. The lowest BCUT2D eigenvalue weighted by molar-refractivity contribution is -0.143. The average molecular weight is 332 g/mol. The predicted molar refractivity (Wildman–Crippen MR) is 94.4 cm³/mol. The van der Waals surface area contributed by atoms with Crippen LogP contribution in [0, 0.1) is 0 Å². The van der Waals surface area contributed by atoms with E-state index in [-0.39, 0.29) is 0 Å². The van der Waals surface area contributed by atoms with Gasteiger partial charge in [-0.3, -0.25) is 9.69 Å². The molecule has 6 heteroatoms. The van der Waals surface area contributed by atoms with Gasteiger partial charge in [-0.15, -0.1) is 0 Å². The highest BCUT2D eigenvalue weighted by Gasteiger charge is 2.29. The summed E-state index contributed by atoms with van der Waals surface area (Å²) in [5, 5.41) is 9.76. The maximum absolute atomic E-state index is 11.9. The van der Waals surface area contributed by atoms with Crippen LogP contribution in [0.4, 0.5) is 5.82 Å². The Labute approximate surface area is 144 Å². The standard InChI is InChI=1S/C18H28N4O2/c1-20-8-5-11-22(13-12-20)17(18(23)24)15-6-7-16(19-14-15)21-9-3-2-4-10-21/h6-7,14,17H,2-5,8-13H2,1H3,(H,23,24)/t17-/m0/s1. The number of nitrogens with zero attached hydrogens (tertiary/aromatic N) is 4. The summed E-state index contributed by atoms with van der Waals surface area (Å²) in [6.07, 6.45) is 6.47. The van der Waals surface area contributed by atoms with E-state index in [0.29, 0.717) is 0 Å².